The van der Waals surface area contributed by atoms with Crippen molar-refractivity contribution in [2.24, 2.45) is 5.41 Å². The minimum atomic E-state index is -0.649. The Kier molecular flexibility index (Phi) is 5.47. The van der Waals surface area contributed by atoms with Gasteiger partial charge in [0.2, 0.25) is 0 Å². The van der Waals surface area contributed by atoms with Crippen molar-refractivity contribution in [3.05, 3.63) is 64.8 Å². The maximum Gasteiger partial charge on any atom is 0.311 e. The van der Waals surface area contributed by atoms with Crippen molar-refractivity contribution < 1.29 is 14.6 Å². The first-order valence-electron chi connectivity index (χ1n) is 9.03. The normalized spacial score (nSPS) is 11.7. The molecule has 0 radical (unpaired) electrons. The zero-order valence-electron chi connectivity index (χ0n) is 15.8. The van der Waals surface area contributed by atoms with Crippen LogP contribution in [0.2, 0.25) is 5.02 Å². The van der Waals surface area contributed by atoms with E-state index in [4.69, 9.17) is 16.3 Å². The molecule has 0 aliphatic carbocycles. The number of hydrogen-bond acceptors (Lipinski definition) is 3. The minimum absolute atomic E-state index is 0.212. The lowest BCUT2D eigenvalue weighted by atomic mass is 9.88. The van der Waals surface area contributed by atoms with E-state index < -0.39 is 5.41 Å². The molecule has 5 heteroatoms. The van der Waals surface area contributed by atoms with Crippen LogP contribution in [0.25, 0.3) is 10.9 Å². The molecule has 3 rings (SSSR count). The van der Waals surface area contributed by atoms with Crippen LogP contribution < -0.4 is 0 Å². The van der Waals surface area contributed by atoms with Crippen LogP contribution in [-0.2, 0) is 22.5 Å². The maximum atomic E-state index is 12.4. The number of halogens is 1. The Hall–Kier alpha value is -2.46. The summed E-state index contributed by atoms with van der Waals surface area (Å²) in [4.78, 5) is 12.4. The van der Waals surface area contributed by atoms with Gasteiger partial charge in [0.1, 0.15) is 5.75 Å². The molecule has 142 valence electrons. The second kappa shape index (κ2) is 7.65. The minimum Gasteiger partial charge on any atom is -0.508 e. The summed E-state index contributed by atoms with van der Waals surface area (Å²) in [6, 6.07) is 15.1. The van der Waals surface area contributed by atoms with E-state index in [1.54, 1.807) is 12.1 Å². The van der Waals surface area contributed by atoms with E-state index in [1.807, 2.05) is 57.2 Å². The Bertz CT molecular complexity index is 958. The highest BCUT2D eigenvalue weighted by atomic mass is 35.5. The third-order valence-corrected chi connectivity index (χ3v) is 4.93. The van der Waals surface area contributed by atoms with Crippen molar-refractivity contribution in [3.8, 4) is 5.75 Å². The highest BCUT2D eigenvalue weighted by molar-refractivity contribution is 6.30. The van der Waals surface area contributed by atoms with Gasteiger partial charge in [0.15, 0.2) is 0 Å². The van der Waals surface area contributed by atoms with Crippen LogP contribution in [0.5, 0.6) is 5.75 Å². The fourth-order valence-corrected chi connectivity index (χ4v) is 3.40. The molecule has 0 aliphatic rings. The Labute approximate surface area is 164 Å². The number of fused-ring (bicyclic) bond motifs is 1. The van der Waals surface area contributed by atoms with Gasteiger partial charge in [-0.3, -0.25) is 4.79 Å². The zero-order valence-corrected chi connectivity index (χ0v) is 16.6. The molecule has 1 N–H and O–H groups in total. The van der Waals surface area contributed by atoms with E-state index in [2.05, 4.69) is 4.57 Å². The molecular formula is C22H24ClNO3. The van der Waals surface area contributed by atoms with E-state index in [0.29, 0.717) is 24.6 Å². The van der Waals surface area contributed by atoms with Gasteiger partial charge in [-0.15, -0.1) is 0 Å². The molecular weight excluding hydrogens is 362 g/mol. The van der Waals surface area contributed by atoms with Crippen LogP contribution >= 0.6 is 11.6 Å². The molecule has 1 aromatic heterocycles. The first kappa shape index (κ1) is 19.3. The van der Waals surface area contributed by atoms with Crippen LogP contribution in [0.1, 0.15) is 32.0 Å². The summed E-state index contributed by atoms with van der Waals surface area (Å²) in [7, 11) is 0. The molecule has 0 aliphatic heterocycles. The van der Waals surface area contributed by atoms with E-state index in [1.165, 1.54) is 0 Å². The van der Waals surface area contributed by atoms with Crippen molar-refractivity contribution in [1.29, 1.82) is 0 Å². The molecule has 0 saturated carbocycles. The van der Waals surface area contributed by atoms with Gasteiger partial charge in [-0.2, -0.15) is 0 Å². The lowest BCUT2D eigenvalue weighted by Gasteiger charge is -2.23. The first-order chi connectivity index (χ1) is 12.8. The Morgan fingerprint density at radius 2 is 1.85 bits per heavy atom. The Morgan fingerprint density at radius 3 is 2.52 bits per heavy atom. The van der Waals surface area contributed by atoms with Gasteiger partial charge in [-0.1, -0.05) is 23.7 Å². The van der Waals surface area contributed by atoms with Gasteiger partial charge in [0, 0.05) is 34.6 Å². The molecule has 0 fully saturated rings. The third-order valence-electron chi connectivity index (χ3n) is 4.68. The molecule has 0 bridgehead atoms. The number of benzene rings is 2. The second-order valence-electron chi connectivity index (χ2n) is 7.37. The van der Waals surface area contributed by atoms with Crippen molar-refractivity contribution >= 4 is 28.5 Å². The Balaban J connectivity index is 2.02. The van der Waals surface area contributed by atoms with E-state index in [9.17, 15) is 9.90 Å². The van der Waals surface area contributed by atoms with Crippen molar-refractivity contribution in [2.45, 2.75) is 33.7 Å². The van der Waals surface area contributed by atoms with Gasteiger partial charge in [-0.05, 0) is 62.7 Å². The topological polar surface area (TPSA) is 51.5 Å². The smallest absolute Gasteiger partial charge is 0.311 e. The number of aromatic nitrogens is 1. The molecule has 4 nitrogen and oxygen atoms in total. The second-order valence-corrected chi connectivity index (χ2v) is 7.81. The zero-order chi connectivity index (χ0) is 19.6. The Morgan fingerprint density at radius 1 is 1.15 bits per heavy atom. The number of carbonyl (C=O) groups is 1. The lowest BCUT2D eigenvalue weighted by molar-refractivity contribution is -0.153. The standard InChI is InChI=1S/C22H24ClNO3/c1-4-27-21(26)22(2,3)13-18-11-16-12-19(25)9-10-20(16)24(18)14-15-5-7-17(23)8-6-15/h5-12,25H,4,13-14H2,1-3H3. The van der Waals surface area contributed by atoms with E-state index in [0.717, 1.165) is 22.2 Å². The summed E-state index contributed by atoms with van der Waals surface area (Å²) in [6.07, 6.45) is 0.537. The average molecular weight is 386 g/mol. The van der Waals surface area contributed by atoms with Gasteiger partial charge in [0.25, 0.3) is 0 Å². The number of hydrogen-bond donors (Lipinski definition) is 1. The number of aromatic hydroxyl groups is 1. The van der Waals surface area contributed by atoms with Crippen LogP contribution in [-0.4, -0.2) is 22.2 Å². The summed E-state index contributed by atoms with van der Waals surface area (Å²) in [5.74, 6) is 0.0125. The SMILES string of the molecule is CCOC(=O)C(C)(C)Cc1cc2cc(O)ccc2n1Cc1ccc(Cl)cc1. The lowest BCUT2D eigenvalue weighted by Crippen LogP contribution is -2.30. The van der Waals surface area contributed by atoms with Crippen LogP contribution in [0, 0.1) is 5.41 Å². The molecule has 1 heterocycles. The maximum absolute atomic E-state index is 12.4. The summed E-state index contributed by atoms with van der Waals surface area (Å²) in [5, 5.41) is 11.5. The number of phenolic OH excluding ortho intramolecular Hbond substituents is 1. The summed E-state index contributed by atoms with van der Waals surface area (Å²) in [5.41, 5.74) is 2.49. The molecule has 0 saturated heterocycles. The molecule has 0 unspecified atom stereocenters. The molecule has 2 aromatic carbocycles. The third kappa shape index (κ3) is 4.28. The first-order valence-corrected chi connectivity index (χ1v) is 9.41. The van der Waals surface area contributed by atoms with Gasteiger partial charge < -0.3 is 14.4 Å². The van der Waals surface area contributed by atoms with Crippen molar-refractivity contribution in [3.63, 3.8) is 0 Å². The van der Waals surface area contributed by atoms with Gasteiger partial charge in [-0.25, -0.2) is 0 Å². The fourth-order valence-electron chi connectivity index (χ4n) is 3.27. The van der Waals surface area contributed by atoms with Crippen LogP contribution in [0.4, 0.5) is 0 Å². The number of esters is 1. The average Bonchev–Trinajstić information content (AvgIpc) is 2.92. The molecule has 3 aromatic rings. The predicted octanol–water partition coefficient (Wildman–Crippen LogP) is 5.18. The van der Waals surface area contributed by atoms with Crippen LogP contribution in [0.3, 0.4) is 0 Å². The highest BCUT2D eigenvalue weighted by Gasteiger charge is 2.31. The monoisotopic (exact) mass is 385 g/mol. The summed E-state index contributed by atoms with van der Waals surface area (Å²) >= 11 is 6.00. The van der Waals surface area contributed by atoms with E-state index in [-0.39, 0.29) is 11.7 Å². The largest absolute Gasteiger partial charge is 0.508 e. The number of rotatable bonds is 6. The predicted molar refractivity (Wildman–Crippen MR) is 108 cm³/mol. The number of phenols is 1. The van der Waals surface area contributed by atoms with Gasteiger partial charge >= 0.3 is 5.97 Å². The number of nitrogens with zero attached hydrogens (tertiary/aromatic N) is 1. The molecule has 0 spiro atoms. The van der Waals surface area contributed by atoms with Crippen molar-refractivity contribution in [2.75, 3.05) is 6.61 Å². The van der Waals surface area contributed by atoms with E-state index >= 15 is 0 Å². The molecule has 0 atom stereocenters. The number of ether oxygens (including phenoxy) is 1. The number of carbonyl (C=O) groups excluding carboxylic acids is 1. The molecule has 27 heavy (non-hydrogen) atoms. The molecule has 0 amide bonds. The van der Waals surface area contributed by atoms with Gasteiger partial charge in [0.05, 0.1) is 12.0 Å². The van der Waals surface area contributed by atoms with Crippen LogP contribution in [0.15, 0.2) is 48.5 Å². The van der Waals surface area contributed by atoms with Crippen molar-refractivity contribution in [1.82, 2.24) is 4.57 Å². The summed E-state index contributed by atoms with van der Waals surface area (Å²) < 4.78 is 7.42. The highest BCUT2D eigenvalue weighted by Crippen LogP contribution is 2.30. The quantitative estimate of drug-likeness (QED) is 0.595. The summed E-state index contributed by atoms with van der Waals surface area (Å²) in [6.45, 7) is 6.62. The fraction of sp³-hybridized carbons (Fsp3) is 0.318.